The maximum absolute atomic E-state index is 10.4. The van der Waals surface area contributed by atoms with Crippen molar-refractivity contribution in [1.82, 2.24) is 0 Å². The SMILES string of the molecule is C=CC(=O)OCCCC=S(=O)=O. The predicted octanol–water partition coefficient (Wildman–Crippen LogP) is 0.177. The van der Waals surface area contributed by atoms with Gasteiger partial charge in [-0.2, -0.15) is 8.42 Å². The van der Waals surface area contributed by atoms with Crippen LogP contribution in [0.1, 0.15) is 12.8 Å². The highest BCUT2D eigenvalue weighted by Crippen LogP contribution is 1.87. The lowest BCUT2D eigenvalue weighted by atomic mass is 10.4. The lowest BCUT2D eigenvalue weighted by Gasteiger charge is -1.97. The summed E-state index contributed by atoms with van der Waals surface area (Å²) in [5.74, 6) is -0.488. The molecule has 0 saturated heterocycles. The van der Waals surface area contributed by atoms with Gasteiger partial charge in [-0.1, -0.05) is 6.58 Å². The van der Waals surface area contributed by atoms with Gasteiger partial charge in [0.05, 0.1) is 6.61 Å². The van der Waals surface area contributed by atoms with Crippen molar-refractivity contribution in [2.24, 2.45) is 0 Å². The van der Waals surface area contributed by atoms with E-state index < -0.39 is 16.3 Å². The lowest BCUT2D eigenvalue weighted by Crippen LogP contribution is -2.01. The first-order valence-electron chi connectivity index (χ1n) is 3.37. The Morgan fingerprint density at radius 2 is 2.17 bits per heavy atom. The second-order valence-corrected chi connectivity index (χ2v) is 2.80. The van der Waals surface area contributed by atoms with Crippen molar-refractivity contribution in [1.29, 1.82) is 0 Å². The van der Waals surface area contributed by atoms with Crippen LogP contribution in [-0.4, -0.2) is 26.4 Å². The standard InChI is InChI=1S/C7H10O4S/c1-2-7(8)11-5-3-4-6-12(9)10/h2,6H,1,3-5H2. The fraction of sp³-hybridized carbons (Fsp3) is 0.429. The zero-order valence-corrected chi connectivity index (χ0v) is 7.34. The fourth-order valence-electron chi connectivity index (χ4n) is 0.495. The molecule has 0 fully saturated rings. The molecule has 0 aromatic carbocycles. The fourth-order valence-corrected chi connectivity index (χ4v) is 0.854. The minimum absolute atomic E-state index is 0.221. The van der Waals surface area contributed by atoms with Crippen LogP contribution >= 0.6 is 0 Å². The summed E-state index contributed by atoms with van der Waals surface area (Å²) in [6, 6.07) is 0. The molecule has 0 aliphatic heterocycles. The Kier molecular flexibility index (Phi) is 6.00. The maximum atomic E-state index is 10.4. The molecule has 0 heterocycles. The van der Waals surface area contributed by atoms with Gasteiger partial charge in [0, 0.05) is 11.4 Å². The van der Waals surface area contributed by atoms with Gasteiger partial charge in [0.1, 0.15) is 0 Å². The summed E-state index contributed by atoms with van der Waals surface area (Å²) in [7, 11) is -2.12. The summed E-state index contributed by atoms with van der Waals surface area (Å²) in [6.07, 6.45) is 1.96. The molecule has 0 saturated carbocycles. The number of ether oxygens (including phenoxy) is 1. The van der Waals surface area contributed by atoms with Crippen LogP contribution in [0.5, 0.6) is 0 Å². The molecule has 0 unspecified atom stereocenters. The van der Waals surface area contributed by atoms with Crippen molar-refractivity contribution < 1.29 is 17.9 Å². The molecule has 0 aliphatic rings. The summed E-state index contributed by atoms with van der Waals surface area (Å²) in [6.45, 7) is 3.43. The van der Waals surface area contributed by atoms with Gasteiger partial charge in [0.2, 0.25) is 10.3 Å². The van der Waals surface area contributed by atoms with Crippen molar-refractivity contribution >= 4 is 21.6 Å². The molecule has 0 aliphatic carbocycles. The average molecular weight is 190 g/mol. The minimum Gasteiger partial charge on any atom is -0.463 e. The highest BCUT2D eigenvalue weighted by Gasteiger charge is 1.92. The molecule has 0 bridgehead atoms. The molecule has 12 heavy (non-hydrogen) atoms. The van der Waals surface area contributed by atoms with Crippen LogP contribution in [0.25, 0.3) is 0 Å². The van der Waals surface area contributed by atoms with Crippen molar-refractivity contribution in [3.63, 3.8) is 0 Å². The molecule has 0 spiro atoms. The number of carbonyl (C=O) groups excluding carboxylic acids is 1. The maximum Gasteiger partial charge on any atom is 0.330 e. The summed E-state index contributed by atoms with van der Waals surface area (Å²) in [5, 5.41) is 1.13. The van der Waals surface area contributed by atoms with Crippen LogP contribution < -0.4 is 0 Å². The summed E-state index contributed by atoms with van der Waals surface area (Å²) >= 11 is 0. The van der Waals surface area contributed by atoms with Crippen molar-refractivity contribution in [2.75, 3.05) is 6.61 Å². The lowest BCUT2D eigenvalue weighted by molar-refractivity contribution is -0.137. The highest BCUT2D eigenvalue weighted by atomic mass is 32.2. The number of hydrogen-bond donors (Lipinski definition) is 0. The molecule has 0 radical (unpaired) electrons. The van der Waals surface area contributed by atoms with E-state index in [9.17, 15) is 13.2 Å². The van der Waals surface area contributed by atoms with Gasteiger partial charge in [-0.25, -0.2) is 4.79 Å². The Bertz CT molecular complexity index is 268. The van der Waals surface area contributed by atoms with Crippen molar-refractivity contribution in [3.8, 4) is 0 Å². The van der Waals surface area contributed by atoms with Crippen molar-refractivity contribution in [3.05, 3.63) is 12.7 Å². The first-order valence-corrected chi connectivity index (χ1v) is 4.51. The minimum atomic E-state index is -2.12. The van der Waals surface area contributed by atoms with E-state index >= 15 is 0 Å². The number of unbranched alkanes of at least 4 members (excludes halogenated alkanes) is 1. The first-order chi connectivity index (χ1) is 5.66. The molecular formula is C7H10O4S. The third-order valence-electron chi connectivity index (χ3n) is 1.01. The van der Waals surface area contributed by atoms with Crippen LogP contribution in [0.3, 0.4) is 0 Å². The Morgan fingerprint density at radius 1 is 1.50 bits per heavy atom. The summed E-state index contributed by atoms with van der Waals surface area (Å²) < 4.78 is 24.5. The van der Waals surface area contributed by atoms with E-state index in [-0.39, 0.29) is 6.61 Å². The topological polar surface area (TPSA) is 60.4 Å². The Balaban J connectivity index is 3.40. The molecule has 0 amide bonds. The van der Waals surface area contributed by atoms with Gasteiger partial charge in [-0.15, -0.1) is 0 Å². The van der Waals surface area contributed by atoms with Gasteiger partial charge in [0.25, 0.3) is 0 Å². The molecule has 0 rings (SSSR count). The van der Waals surface area contributed by atoms with Crippen LogP contribution in [-0.2, 0) is 19.8 Å². The van der Waals surface area contributed by atoms with Crippen LogP contribution in [0, 0.1) is 0 Å². The zero-order valence-electron chi connectivity index (χ0n) is 6.52. The Morgan fingerprint density at radius 3 is 2.67 bits per heavy atom. The molecular weight excluding hydrogens is 180 g/mol. The number of hydrogen-bond acceptors (Lipinski definition) is 4. The smallest absolute Gasteiger partial charge is 0.330 e. The summed E-state index contributed by atoms with van der Waals surface area (Å²) in [5.41, 5.74) is 0. The number of carbonyl (C=O) groups is 1. The van der Waals surface area contributed by atoms with E-state index in [0.717, 1.165) is 11.4 Å². The second-order valence-electron chi connectivity index (χ2n) is 1.94. The average Bonchev–Trinajstić information content (AvgIpc) is 2.03. The number of rotatable bonds is 5. The van der Waals surface area contributed by atoms with E-state index in [1.807, 2.05) is 0 Å². The Hall–Kier alpha value is -1.10. The van der Waals surface area contributed by atoms with Crippen molar-refractivity contribution in [2.45, 2.75) is 12.8 Å². The van der Waals surface area contributed by atoms with Crippen LogP contribution in [0.4, 0.5) is 0 Å². The molecule has 0 aromatic rings. The van der Waals surface area contributed by atoms with E-state index in [4.69, 9.17) is 0 Å². The van der Waals surface area contributed by atoms with Crippen LogP contribution in [0.2, 0.25) is 0 Å². The number of esters is 1. The highest BCUT2D eigenvalue weighted by molar-refractivity contribution is 7.71. The van der Waals surface area contributed by atoms with Gasteiger partial charge >= 0.3 is 5.97 Å². The largest absolute Gasteiger partial charge is 0.463 e. The third-order valence-corrected chi connectivity index (χ3v) is 1.52. The molecule has 0 aromatic heterocycles. The molecule has 4 nitrogen and oxygen atoms in total. The van der Waals surface area contributed by atoms with E-state index in [1.165, 1.54) is 0 Å². The van der Waals surface area contributed by atoms with Gasteiger partial charge in [-0.05, 0) is 12.8 Å². The van der Waals surface area contributed by atoms with E-state index in [1.54, 1.807) is 0 Å². The molecule has 68 valence electrons. The first kappa shape index (κ1) is 10.9. The van der Waals surface area contributed by atoms with Crippen LogP contribution in [0.15, 0.2) is 12.7 Å². The van der Waals surface area contributed by atoms with E-state index in [2.05, 4.69) is 11.3 Å². The predicted molar refractivity (Wildman–Crippen MR) is 45.4 cm³/mol. The Labute approximate surface area is 72.4 Å². The molecule has 0 N–H and O–H groups in total. The quantitative estimate of drug-likeness (QED) is 0.268. The molecule has 0 atom stereocenters. The van der Waals surface area contributed by atoms with E-state index in [0.29, 0.717) is 12.8 Å². The van der Waals surface area contributed by atoms with Gasteiger partial charge in [-0.3, -0.25) is 0 Å². The summed E-state index contributed by atoms with van der Waals surface area (Å²) in [4.78, 5) is 10.4. The molecule has 5 heteroatoms. The third kappa shape index (κ3) is 7.01. The monoisotopic (exact) mass is 190 g/mol. The van der Waals surface area contributed by atoms with Gasteiger partial charge in [0.15, 0.2) is 0 Å². The normalized spacial score (nSPS) is 8.67. The zero-order chi connectivity index (χ0) is 9.40. The second kappa shape index (κ2) is 6.60. The van der Waals surface area contributed by atoms with Gasteiger partial charge < -0.3 is 4.74 Å².